The standard InChI is InChI=1S/C19H25N5O2/c1-12-21-22-18(26-12)19-8-4-7-14(19)10-24(11-19)17(25)16-15(9-20-23(16)2)13-5-3-6-13/h9,13-14H,3-8,10-11H2,1-2H3/t14-,19-/m0/s1. The van der Waals surface area contributed by atoms with Gasteiger partial charge >= 0.3 is 0 Å². The number of carbonyl (C=O) groups excluding carboxylic acids is 1. The first-order chi connectivity index (χ1) is 12.6. The third-order valence-electron chi connectivity index (χ3n) is 6.82. The fourth-order valence-electron chi connectivity index (χ4n) is 5.18. The van der Waals surface area contributed by atoms with E-state index >= 15 is 0 Å². The van der Waals surface area contributed by atoms with E-state index in [0.29, 0.717) is 24.3 Å². The molecule has 7 nitrogen and oxygen atoms in total. The second kappa shape index (κ2) is 5.66. The average molecular weight is 355 g/mol. The summed E-state index contributed by atoms with van der Waals surface area (Å²) >= 11 is 0. The summed E-state index contributed by atoms with van der Waals surface area (Å²) < 4.78 is 7.58. The molecule has 138 valence electrons. The van der Waals surface area contributed by atoms with Gasteiger partial charge in [-0.15, -0.1) is 10.2 Å². The summed E-state index contributed by atoms with van der Waals surface area (Å²) in [6, 6.07) is 0. The van der Waals surface area contributed by atoms with Crippen LogP contribution in [0.3, 0.4) is 0 Å². The molecule has 2 aromatic heterocycles. The molecule has 1 aliphatic heterocycles. The zero-order chi connectivity index (χ0) is 17.9. The van der Waals surface area contributed by atoms with Crippen LogP contribution >= 0.6 is 0 Å². The number of hydrogen-bond acceptors (Lipinski definition) is 5. The third-order valence-corrected chi connectivity index (χ3v) is 6.82. The van der Waals surface area contributed by atoms with Gasteiger partial charge in [0.25, 0.3) is 5.91 Å². The molecule has 0 bridgehead atoms. The third kappa shape index (κ3) is 2.18. The van der Waals surface area contributed by atoms with Gasteiger partial charge in [0.1, 0.15) is 5.69 Å². The predicted molar refractivity (Wildman–Crippen MR) is 93.8 cm³/mol. The summed E-state index contributed by atoms with van der Waals surface area (Å²) in [6.45, 7) is 3.28. The molecule has 5 rings (SSSR count). The highest BCUT2D eigenvalue weighted by molar-refractivity contribution is 5.94. The number of aryl methyl sites for hydroxylation is 2. The smallest absolute Gasteiger partial charge is 0.272 e. The minimum Gasteiger partial charge on any atom is -0.425 e. The molecule has 2 aliphatic carbocycles. The van der Waals surface area contributed by atoms with E-state index in [1.54, 1.807) is 4.68 Å². The van der Waals surface area contributed by atoms with Crippen molar-refractivity contribution in [2.45, 2.75) is 56.8 Å². The van der Waals surface area contributed by atoms with E-state index in [4.69, 9.17) is 4.42 Å². The van der Waals surface area contributed by atoms with Gasteiger partial charge in [-0.1, -0.05) is 12.8 Å². The Morgan fingerprint density at radius 2 is 2.12 bits per heavy atom. The van der Waals surface area contributed by atoms with Crippen molar-refractivity contribution >= 4 is 5.91 Å². The Labute approximate surface area is 152 Å². The normalized spacial score (nSPS) is 28.4. The van der Waals surface area contributed by atoms with Crippen molar-refractivity contribution in [3.05, 3.63) is 29.2 Å². The highest BCUT2D eigenvalue weighted by Gasteiger charge is 2.55. The lowest BCUT2D eigenvalue weighted by atomic mass is 9.80. The maximum Gasteiger partial charge on any atom is 0.272 e. The topological polar surface area (TPSA) is 77.1 Å². The highest BCUT2D eigenvalue weighted by Crippen LogP contribution is 2.50. The first kappa shape index (κ1) is 16.0. The van der Waals surface area contributed by atoms with Crippen LogP contribution in [0.2, 0.25) is 0 Å². The number of fused-ring (bicyclic) bond motifs is 1. The average Bonchev–Trinajstić information content (AvgIpc) is 3.28. The van der Waals surface area contributed by atoms with Crippen molar-refractivity contribution in [2.75, 3.05) is 13.1 Å². The van der Waals surface area contributed by atoms with Gasteiger partial charge in [-0.3, -0.25) is 9.48 Å². The molecule has 3 aliphatic rings. The van der Waals surface area contributed by atoms with Crippen LogP contribution in [-0.2, 0) is 12.5 Å². The van der Waals surface area contributed by atoms with Crippen LogP contribution in [0, 0.1) is 12.8 Å². The first-order valence-electron chi connectivity index (χ1n) is 9.70. The zero-order valence-electron chi connectivity index (χ0n) is 15.4. The van der Waals surface area contributed by atoms with Gasteiger partial charge in [0, 0.05) is 32.6 Å². The lowest BCUT2D eigenvalue weighted by Gasteiger charge is -2.27. The van der Waals surface area contributed by atoms with Crippen molar-refractivity contribution < 1.29 is 9.21 Å². The lowest BCUT2D eigenvalue weighted by Crippen LogP contribution is -2.36. The Bertz CT molecular complexity index is 852. The van der Waals surface area contributed by atoms with Gasteiger partial charge in [0.2, 0.25) is 11.8 Å². The van der Waals surface area contributed by atoms with Crippen LogP contribution in [-0.4, -0.2) is 43.9 Å². The molecule has 7 heteroatoms. The maximum absolute atomic E-state index is 13.4. The van der Waals surface area contributed by atoms with Crippen molar-refractivity contribution in [1.82, 2.24) is 24.9 Å². The van der Waals surface area contributed by atoms with Gasteiger partial charge in [-0.2, -0.15) is 5.10 Å². The van der Waals surface area contributed by atoms with Gasteiger partial charge in [-0.25, -0.2) is 0 Å². The monoisotopic (exact) mass is 355 g/mol. The van der Waals surface area contributed by atoms with Crippen LogP contribution < -0.4 is 0 Å². The number of hydrogen-bond donors (Lipinski definition) is 0. The van der Waals surface area contributed by atoms with E-state index in [1.807, 2.05) is 25.1 Å². The van der Waals surface area contributed by atoms with Crippen LogP contribution in [0.15, 0.2) is 10.6 Å². The van der Waals surface area contributed by atoms with E-state index in [2.05, 4.69) is 15.3 Å². The number of likely N-dealkylation sites (tertiary alicyclic amines) is 1. The molecule has 0 aromatic carbocycles. The fourth-order valence-corrected chi connectivity index (χ4v) is 5.18. The van der Waals surface area contributed by atoms with Gasteiger partial charge in [-0.05, 0) is 37.5 Å². The molecule has 0 unspecified atom stereocenters. The van der Waals surface area contributed by atoms with Crippen molar-refractivity contribution in [2.24, 2.45) is 13.0 Å². The summed E-state index contributed by atoms with van der Waals surface area (Å²) in [7, 11) is 1.88. The maximum atomic E-state index is 13.4. The molecule has 1 saturated heterocycles. The molecular weight excluding hydrogens is 330 g/mol. The number of rotatable bonds is 3. The molecule has 2 atom stereocenters. The molecule has 3 heterocycles. The first-order valence-corrected chi connectivity index (χ1v) is 9.70. The van der Waals surface area contributed by atoms with Crippen molar-refractivity contribution in [1.29, 1.82) is 0 Å². The second-order valence-electron chi connectivity index (χ2n) is 8.26. The molecule has 0 spiro atoms. The SMILES string of the molecule is Cc1nnc([C@]23CCC[C@H]2CN(C(=O)c2c(C4CCC4)cnn2C)C3)o1. The largest absolute Gasteiger partial charge is 0.425 e. The van der Waals surface area contributed by atoms with E-state index < -0.39 is 0 Å². The van der Waals surface area contributed by atoms with E-state index in [1.165, 1.54) is 19.3 Å². The second-order valence-corrected chi connectivity index (χ2v) is 8.26. The summed E-state index contributed by atoms with van der Waals surface area (Å²) in [6.07, 6.45) is 8.77. The summed E-state index contributed by atoms with van der Waals surface area (Å²) in [5.41, 5.74) is 1.74. The van der Waals surface area contributed by atoms with Gasteiger partial charge in [0.15, 0.2) is 0 Å². The number of aromatic nitrogens is 4. The van der Waals surface area contributed by atoms with Crippen LogP contribution in [0.4, 0.5) is 0 Å². The van der Waals surface area contributed by atoms with Crippen LogP contribution in [0.5, 0.6) is 0 Å². The minimum absolute atomic E-state index is 0.108. The molecule has 2 saturated carbocycles. The van der Waals surface area contributed by atoms with Crippen LogP contribution in [0.25, 0.3) is 0 Å². The Morgan fingerprint density at radius 1 is 1.27 bits per heavy atom. The number of carbonyl (C=O) groups is 1. The van der Waals surface area contributed by atoms with Crippen LogP contribution in [0.1, 0.15) is 72.3 Å². The summed E-state index contributed by atoms with van der Waals surface area (Å²) in [5.74, 6) is 2.33. The molecule has 3 fully saturated rings. The fraction of sp³-hybridized carbons (Fsp3) is 0.684. The van der Waals surface area contributed by atoms with E-state index in [9.17, 15) is 4.79 Å². The molecule has 1 amide bonds. The molecular formula is C19H25N5O2. The van der Waals surface area contributed by atoms with E-state index in [-0.39, 0.29) is 11.3 Å². The van der Waals surface area contributed by atoms with Crippen molar-refractivity contribution in [3.63, 3.8) is 0 Å². The Kier molecular flexibility index (Phi) is 3.49. The van der Waals surface area contributed by atoms with Crippen molar-refractivity contribution in [3.8, 4) is 0 Å². The lowest BCUT2D eigenvalue weighted by molar-refractivity contribution is 0.0762. The van der Waals surface area contributed by atoms with E-state index in [0.717, 1.165) is 43.0 Å². The minimum atomic E-state index is -0.161. The molecule has 0 N–H and O–H groups in total. The van der Waals surface area contributed by atoms with Gasteiger partial charge in [0.05, 0.1) is 11.6 Å². The quantitative estimate of drug-likeness (QED) is 0.846. The number of nitrogens with zero attached hydrogens (tertiary/aromatic N) is 5. The highest BCUT2D eigenvalue weighted by atomic mass is 16.4. The predicted octanol–water partition coefficient (Wildman–Crippen LogP) is 2.57. The summed E-state index contributed by atoms with van der Waals surface area (Å²) in [5, 5.41) is 12.8. The Balaban J connectivity index is 1.46. The molecule has 0 radical (unpaired) electrons. The molecule has 26 heavy (non-hydrogen) atoms. The zero-order valence-corrected chi connectivity index (χ0v) is 15.4. The summed E-state index contributed by atoms with van der Waals surface area (Å²) in [4.78, 5) is 15.4. The van der Waals surface area contributed by atoms with Gasteiger partial charge < -0.3 is 9.32 Å². The Morgan fingerprint density at radius 3 is 2.81 bits per heavy atom. The Hall–Kier alpha value is -2.18. The molecule has 2 aromatic rings. The number of amides is 1.